The van der Waals surface area contributed by atoms with Gasteiger partial charge in [0.1, 0.15) is 0 Å². The highest BCUT2D eigenvalue weighted by molar-refractivity contribution is 5.95. The molecule has 0 N–H and O–H groups in total. The lowest BCUT2D eigenvalue weighted by molar-refractivity contribution is 0.0601. The molecule has 2 aromatic heterocycles. The number of benzene rings is 1. The second-order valence-electron chi connectivity index (χ2n) is 7.12. The van der Waals surface area contributed by atoms with Crippen LogP contribution in [0.25, 0.3) is 16.6 Å². The molecule has 0 amide bonds. The quantitative estimate of drug-likeness (QED) is 0.669. The van der Waals surface area contributed by atoms with Gasteiger partial charge in [-0.1, -0.05) is 0 Å². The lowest BCUT2D eigenvalue weighted by atomic mass is 10.0. The summed E-state index contributed by atoms with van der Waals surface area (Å²) in [6.45, 7) is 0. The van der Waals surface area contributed by atoms with Crippen molar-refractivity contribution in [1.82, 2.24) is 9.38 Å². The van der Waals surface area contributed by atoms with Crippen molar-refractivity contribution in [2.24, 2.45) is 0 Å². The number of piperidine rings is 1. The van der Waals surface area contributed by atoms with Crippen LogP contribution in [0.4, 0.5) is 5.82 Å². The third kappa shape index (κ3) is 2.15. The van der Waals surface area contributed by atoms with Crippen molar-refractivity contribution in [1.29, 1.82) is 0 Å². The first-order chi connectivity index (χ1) is 12.3. The van der Waals surface area contributed by atoms with E-state index in [1.165, 1.54) is 39.2 Å². The summed E-state index contributed by atoms with van der Waals surface area (Å²) in [6.07, 6.45) is 8.44. The van der Waals surface area contributed by atoms with Gasteiger partial charge in [-0.15, -0.1) is 0 Å². The SMILES string of the molecule is COC(=O)c1ccc2c(c1)nc(N1C3CCCC1CC3)c1cccn12. The van der Waals surface area contributed by atoms with E-state index >= 15 is 0 Å². The number of esters is 1. The number of carbonyl (C=O) groups is 1. The first-order valence-electron chi connectivity index (χ1n) is 9.04. The van der Waals surface area contributed by atoms with Crippen molar-refractivity contribution in [3.05, 3.63) is 42.1 Å². The fourth-order valence-corrected chi connectivity index (χ4v) is 4.66. The Morgan fingerprint density at radius 1 is 1.12 bits per heavy atom. The minimum atomic E-state index is -0.323. The van der Waals surface area contributed by atoms with E-state index in [-0.39, 0.29) is 5.97 Å². The van der Waals surface area contributed by atoms with Crippen LogP contribution in [-0.2, 0) is 4.74 Å². The summed E-state index contributed by atoms with van der Waals surface area (Å²) in [6, 6.07) is 11.0. The molecule has 2 aliphatic rings. The van der Waals surface area contributed by atoms with Crippen molar-refractivity contribution >= 4 is 28.3 Å². The maximum atomic E-state index is 11.9. The Hall–Kier alpha value is -2.56. The first kappa shape index (κ1) is 14.8. The van der Waals surface area contributed by atoms with Crippen molar-refractivity contribution in [2.45, 2.75) is 44.2 Å². The van der Waals surface area contributed by atoms with Crippen LogP contribution < -0.4 is 4.90 Å². The highest BCUT2D eigenvalue weighted by Gasteiger charge is 2.38. The van der Waals surface area contributed by atoms with E-state index in [1.54, 1.807) is 6.07 Å². The Balaban J connectivity index is 1.74. The summed E-state index contributed by atoms with van der Waals surface area (Å²) in [7, 11) is 1.41. The number of anilines is 1. The molecule has 2 bridgehead atoms. The van der Waals surface area contributed by atoms with Crippen molar-refractivity contribution in [3.63, 3.8) is 0 Å². The summed E-state index contributed by atoms with van der Waals surface area (Å²) in [5, 5.41) is 0. The van der Waals surface area contributed by atoms with Crippen molar-refractivity contribution in [2.75, 3.05) is 12.0 Å². The third-order valence-corrected chi connectivity index (χ3v) is 5.80. The molecule has 5 nitrogen and oxygen atoms in total. The highest BCUT2D eigenvalue weighted by atomic mass is 16.5. The first-order valence-corrected chi connectivity index (χ1v) is 9.04. The van der Waals surface area contributed by atoms with Crippen LogP contribution in [-0.4, -0.2) is 34.5 Å². The van der Waals surface area contributed by atoms with Crippen LogP contribution in [0.15, 0.2) is 36.5 Å². The van der Waals surface area contributed by atoms with Gasteiger partial charge in [0.05, 0.1) is 29.2 Å². The number of ether oxygens (including phenoxy) is 1. The van der Waals surface area contributed by atoms with E-state index < -0.39 is 0 Å². The molecule has 2 fully saturated rings. The van der Waals surface area contributed by atoms with E-state index in [0.717, 1.165) is 22.4 Å². The molecule has 2 saturated heterocycles. The fraction of sp³-hybridized carbons (Fsp3) is 0.400. The minimum absolute atomic E-state index is 0.323. The summed E-state index contributed by atoms with van der Waals surface area (Å²) >= 11 is 0. The number of methoxy groups -OCH3 is 1. The van der Waals surface area contributed by atoms with Gasteiger partial charge in [0.2, 0.25) is 0 Å². The van der Waals surface area contributed by atoms with Gasteiger partial charge in [-0.2, -0.15) is 0 Å². The lowest BCUT2D eigenvalue weighted by Crippen LogP contribution is -2.40. The third-order valence-electron chi connectivity index (χ3n) is 5.80. The zero-order valence-corrected chi connectivity index (χ0v) is 14.3. The number of carbonyl (C=O) groups excluding carboxylic acids is 1. The van der Waals surface area contributed by atoms with Crippen LogP contribution >= 0.6 is 0 Å². The maximum Gasteiger partial charge on any atom is 0.337 e. The Morgan fingerprint density at radius 2 is 1.92 bits per heavy atom. The molecule has 0 radical (unpaired) electrons. The Kier molecular flexibility index (Phi) is 3.23. The molecule has 2 atom stereocenters. The molecule has 128 valence electrons. The lowest BCUT2D eigenvalue weighted by Gasteiger charge is -2.36. The summed E-state index contributed by atoms with van der Waals surface area (Å²) in [5.41, 5.74) is 3.55. The predicted molar refractivity (Wildman–Crippen MR) is 97.2 cm³/mol. The topological polar surface area (TPSA) is 46.8 Å². The molecule has 1 aromatic carbocycles. The standard InChI is InChI=1S/C20H21N3O2/c1-25-20(24)13-7-10-17-16(12-13)21-19(18-6-3-11-22(17)18)23-14-4-2-5-15(23)9-8-14/h3,6-7,10-12,14-15H,2,4-5,8-9H2,1H3. The smallest absolute Gasteiger partial charge is 0.337 e. The van der Waals surface area contributed by atoms with Gasteiger partial charge in [0, 0.05) is 18.3 Å². The number of hydrogen-bond donors (Lipinski definition) is 0. The predicted octanol–water partition coefficient (Wildman–Crippen LogP) is 3.80. The molecule has 0 spiro atoms. The molecular formula is C20H21N3O2. The average molecular weight is 335 g/mol. The van der Waals surface area contributed by atoms with E-state index in [0.29, 0.717) is 17.6 Å². The monoisotopic (exact) mass is 335 g/mol. The highest BCUT2D eigenvalue weighted by Crippen LogP contribution is 2.40. The molecule has 5 rings (SSSR count). The average Bonchev–Trinajstić information content (AvgIpc) is 3.22. The number of nitrogens with zero attached hydrogens (tertiary/aromatic N) is 3. The van der Waals surface area contributed by atoms with Crippen LogP contribution in [0, 0.1) is 0 Å². The van der Waals surface area contributed by atoms with Crippen LogP contribution in [0.1, 0.15) is 42.5 Å². The van der Waals surface area contributed by atoms with Crippen molar-refractivity contribution < 1.29 is 9.53 Å². The number of rotatable bonds is 2. The molecule has 25 heavy (non-hydrogen) atoms. The Bertz CT molecular complexity index is 962. The van der Waals surface area contributed by atoms with Crippen LogP contribution in [0.3, 0.4) is 0 Å². The second kappa shape index (κ2) is 5.48. The van der Waals surface area contributed by atoms with Gasteiger partial charge in [-0.05, 0) is 62.4 Å². The van der Waals surface area contributed by atoms with Crippen LogP contribution in [0.2, 0.25) is 0 Å². The fourth-order valence-electron chi connectivity index (χ4n) is 4.66. The summed E-state index contributed by atoms with van der Waals surface area (Å²) in [5.74, 6) is 0.739. The molecule has 0 saturated carbocycles. The summed E-state index contributed by atoms with van der Waals surface area (Å²) in [4.78, 5) is 19.5. The number of aromatic nitrogens is 2. The number of fused-ring (bicyclic) bond motifs is 5. The van der Waals surface area contributed by atoms with Crippen molar-refractivity contribution in [3.8, 4) is 0 Å². The maximum absolute atomic E-state index is 11.9. The van der Waals surface area contributed by atoms with E-state index in [1.807, 2.05) is 12.1 Å². The Morgan fingerprint density at radius 3 is 2.68 bits per heavy atom. The molecule has 2 aliphatic heterocycles. The summed E-state index contributed by atoms with van der Waals surface area (Å²) < 4.78 is 7.05. The van der Waals surface area contributed by atoms with Gasteiger partial charge in [-0.25, -0.2) is 9.78 Å². The molecule has 4 heterocycles. The van der Waals surface area contributed by atoms with Gasteiger partial charge < -0.3 is 14.0 Å². The van der Waals surface area contributed by atoms with E-state index in [9.17, 15) is 4.79 Å². The van der Waals surface area contributed by atoms with Crippen LogP contribution in [0.5, 0.6) is 0 Å². The molecule has 0 aliphatic carbocycles. The van der Waals surface area contributed by atoms with E-state index in [4.69, 9.17) is 9.72 Å². The van der Waals surface area contributed by atoms with Gasteiger partial charge >= 0.3 is 5.97 Å². The zero-order chi connectivity index (χ0) is 17.0. The molecule has 5 heteroatoms. The minimum Gasteiger partial charge on any atom is -0.465 e. The molecular weight excluding hydrogens is 314 g/mol. The molecule has 3 aromatic rings. The number of hydrogen-bond acceptors (Lipinski definition) is 4. The Labute approximate surface area is 146 Å². The normalized spacial score (nSPS) is 22.7. The zero-order valence-electron chi connectivity index (χ0n) is 14.3. The largest absolute Gasteiger partial charge is 0.465 e. The second-order valence-corrected chi connectivity index (χ2v) is 7.12. The van der Waals surface area contributed by atoms with E-state index in [2.05, 4.69) is 27.6 Å². The molecule has 2 unspecified atom stereocenters. The van der Waals surface area contributed by atoms with Gasteiger partial charge in [0.15, 0.2) is 5.82 Å². The van der Waals surface area contributed by atoms with Gasteiger partial charge in [0.25, 0.3) is 0 Å². The van der Waals surface area contributed by atoms with Gasteiger partial charge in [-0.3, -0.25) is 0 Å².